The van der Waals surface area contributed by atoms with Gasteiger partial charge in [-0.05, 0) is 30.2 Å². The van der Waals surface area contributed by atoms with Crippen LogP contribution in [-0.2, 0) is 12.6 Å². The summed E-state index contributed by atoms with van der Waals surface area (Å²) in [5.74, 6) is -0.930. The summed E-state index contributed by atoms with van der Waals surface area (Å²) >= 11 is 7.39. The van der Waals surface area contributed by atoms with E-state index < -0.39 is 17.7 Å². The van der Waals surface area contributed by atoms with Crippen molar-refractivity contribution in [3.63, 3.8) is 0 Å². The van der Waals surface area contributed by atoms with Crippen LogP contribution in [0.15, 0.2) is 64.8 Å². The number of hydrogen-bond donors (Lipinski definition) is 0. The average molecular weight is 519 g/mol. The van der Waals surface area contributed by atoms with Crippen LogP contribution in [0, 0.1) is 5.82 Å². The molecule has 5 rings (SSSR count). The normalized spacial score (nSPS) is 11.8. The van der Waals surface area contributed by atoms with Crippen LogP contribution in [-0.4, -0.2) is 19.9 Å². The van der Waals surface area contributed by atoms with Crippen LogP contribution in [0.25, 0.3) is 38.8 Å². The van der Waals surface area contributed by atoms with Crippen molar-refractivity contribution in [3.05, 3.63) is 82.3 Å². The Morgan fingerprint density at radius 2 is 1.89 bits per heavy atom. The molecule has 5 nitrogen and oxygen atoms in total. The number of para-hydroxylation sites is 1. The number of thiazole rings is 1. The number of benzene rings is 2. The van der Waals surface area contributed by atoms with Crippen LogP contribution in [0.1, 0.15) is 18.2 Å². The van der Waals surface area contributed by atoms with Crippen LogP contribution in [0.3, 0.4) is 0 Å². The van der Waals surface area contributed by atoms with Gasteiger partial charge in [0.05, 0.1) is 33.6 Å². The van der Waals surface area contributed by atoms with E-state index in [1.165, 1.54) is 24.4 Å². The van der Waals surface area contributed by atoms with Crippen LogP contribution in [0.4, 0.5) is 17.6 Å². The molecule has 0 unspecified atom stereocenters. The van der Waals surface area contributed by atoms with Crippen LogP contribution < -0.4 is 0 Å². The van der Waals surface area contributed by atoms with Crippen molar-refractivity contribution < 1.29 is 22.1 Å². The van der Waals surface area contributed by atoms with Crippen molar-refractivity contribution in [2.45, 2.75) is 19.5 Å². The molecule has 11 heteroatoms. The number of hydrogen-bond acceptors (Lipinski definition) is 5. The van der Waals surface area contributed by atoms with Gasteiger partial charge in [0.1, 0.15) is 16.5 Å². The predicted molar refractivity (Wildman–Crippen MR) is 125 cm³/mol. The van der Waals surface area contributed by atoms with E-state index >= 15 is 0 Å². The molecule has 0 saturated carbocycles. The second-order valence-electron chi connectivity index (χ2n) is 7.47. The number of alkyl halides is 3. The Bertz CT molecular complexity index is 1490. The average Bonchev–Trinajstić information content (AvgIpc) is 3.57. The van der Waals surface area contributed by atoms with Gasteiger partial charge in [0.2, 0.25) is 0 Å². The van der Waals surface area contributed by atoms with Crippen molar-refractivity contribution in [1.82, 2.24) is 19.9 Å². The molecule has 0 spiro atoms. The Morgan fingerprint density at radius 1 is 1.09 bits per heavy atom. The molecule has 178 valence electrons. The molecular formula is C24H15ClF4N4OS. The van der Waals surface area contributed by atoms with E-state index in [9.17, 15) is 17.6 Å². The molecule has 0 amide bonds. The van der Waals surface area contributed by atoms with Crippen molar-refractivity contribution in [2.24, 2.45) is 0 Å². The summed E-state index contributed by atoms with van der Waals surface area (Å²) in [5.41, 5.74) is -0.454. The van der Waals surface area contributed by atoms with Gasteiger partial charge >= 0.3 is 6.18 Å². The van der Waals surface area contributed by atoms with Gasteiger partial charge in [0, 0.05) is 11.6 Å². The highest BCUT2D eigenvalue weighted by Gasteiger charge is 2.42. The zero-order valence-corrected chi connectivity index (χ0v) is 19.5. The monoisotopic (exact) mass is 518 g/mol. The Labute approximate surface area is 205 Å². The quantitative estimate of drug-likeness (QED) is 0.224. The van der Waals surface area contributed by atoms with Gasteiger partial charge in [-0.2, -0.15) is 18.3 Å². The fourth-order valence-electron chi connectivity index (χ4n) is 3.90. The first-order valence-electron chi connectivity index (χ1n) is 10.4. The SMILES string of the molecule is CCc1ccccc1-n1ncc(-c2onc(-c3c(F)cccc3Cl)c2-c2nccs2)c1C(F)(F)F. The lowest BCUT2D eigenvalue weighted by atomic mass is 10.0. The molecule has 3 aromatic heterocycles. The molecule has 0 radical (unpaired) electrons. The lowest BCUT2D eigenvalue weighted by Gasteiger charge is -2.14. The van der Waals surface area contributed by atoms with Gasteiger partial charge in [-0.25, -0.2) is 14.1 Å². The van der Waals surface area contributed by atoms with Gasteiger partial charge in [-0.1, -0.05) is 47.9 Å². The first-order chi connectivity index (χ1) is 16.8. The lowest BCUT2D eigenvalue weighted by molar-refractivity contribution is -0.142. The molecule has 0 atom stereocenters. The van der Waals surface area contributed by atoms with Crippen LogP contribution >= 0.6 is 22.9 Å². The van der Waals surface area contributed by atoms with Gasteiger partial charge in [0.15, 0.2) is 11.5 Å². The summed E-state index contributed by atoms with van der Waals surface area (Å²) in [4.78, 5) is 4.22. The van der Waals surface area contributed by atoms with E-state index in [1.807, 2.05) is 6.92 Å². The fraction of sp³-hybridized carbons (Fsp3) is 0.125. The smallest absolute Gasteiger partial charge is 0.355 e. The number of aryl methyl sites for hydroxylation is 1. The third-order valence-corrected chi connectivity index (χ3v) is 6.53. The summed E-state index contributed by atoms with van der Waals surface area (Å²) in [5, 5.41) is 9.98. The molecule has 35 heavy (non-hydrogen) atoms. The summed E-state index contributed by atoms with van der Waals surface area (Å²) in [6.45, 7) is 1.85. The molecular weight excluding hydrogens is 504 g/mol. The minimum Gasteiger partial charge on any atom is -0.355 e. The minimum atomic E-state index is -4.80. The second-order valence-corrected chi connectivity index (χ2v) is 8.77. The molecule has 0 aliphatic carbocycles. The number of halogens is 5. The number of aromatic nitrogens is 4. The highest BCUT2D eigenvalue weighted by Crippen LogP contribution is 2.47. The topological polar surface area (TPSA) is 56.7 Å². The zero-order valence-electron chi connectivity index (χ0n) is 18.0. The zero-order chi connectivity index (χ0) is 24.7. The van der Waals surface area contributed by atoms with Gasteiger partial charge in [-0.3, -0.25) is 0 Å². The Morgan fingerprint density at radius 3 is 2.57 bits per heavy atom. The van der Waals surface area contributed by atoms with E-state index in [2.05, 4.69) is 15.2 Å². The molecule has 0 aliphatic heterocycles. The van der Waals surface area contributed by atoms with Gasteiger partial charge < -0.3 is 4.52 Å². The van der Waals surface area contributed by atoms with Crippen molar-refractivity contribution >= 4 is 22.9 Å². The summed E-state index contributed by atoms with van der Waals surface area (Å²) in [6.07, 6.45) is -1.74. The minimum absolute atomic E-state index is 0.0336. The second kappa shape index (κ2) is 8.94. The maximum Gasteiger partial charge on any atom is 0.434 e. The Balaban J connectivity index is 1.81. The molecule has 0 N–H and O–H groups in total. The van der Waals surface area contributed by atoms with E-state index in [0.29, 0.717) is 22.7 Å². The molecule has 2 aromatic carbocycles. The first-order valence-corrected chi connectivity index (χ1v) is 11.6. The first kappa shape index (κ1) is 23.3. The third-order valence-electron chi connectivity index (χ3n) is 5.42. The van der Waals surface area contributed by atoms with E-state index in [0.717, 1.165) is 22.2 Å². The highest BCUT2D eigenvalue weighted by atomic mass is 35.5. The van der Waals surface area contributed by atoms with Crippen LogP contribution in [0.5, 0.6) is 0 Å². The maximum absolute atomic E-state index is 14.8. The summed E-state index contributed by atoms with van der Waals surface area (Å²) in [7, 11) is 0. The molecule has 3 heterocycles. The standard InChI is InChI=1S/C24H15ClF4N4OS/c1-2-13-6-3-4-9-17(13)33-22(24(27,28)29)14(12-31-33)21-19(23-30-10-11-35-23)20(32-34-21)18-15(25)7-5-8-16(18)26/h3-12H,2H2,1H3. The molecule has 0 fully saturated rings. The molecule has 0 bridgehead atoms. The molecule has 5 aromatic rings. The lowest BCUT2D eigenvalue weighted by Crippen LogP contribution is -2.15. The fourth-order valence-corrected chi connectivity index (χ4v) is 4.83. The third kappa shape index (κ3) is 4.02. The largest absolute Gasteiger partial charge is 0.434 e. The van der Waals surface area contributed by atoms with E-state index in [1.54, 1.807) is 29.6 Å². The predicted octanol–water partition coefficient (Wildman–Crippen LogP) is 7.69. The van der Waals surface area contributed by atoms with E-state index in [4.69, 9.17) is 16.1 Å². The Kier molecular flexibility index (Phi) is 5.94. The summed E-state index contributed by atoms with van der Waals surface area (Å²) in [6, 6.07) is 10.8. The van der Waals surface area contributed by atoms with Gasteiger partial charge in [-0.15, -0.1) is 11.3 Å². The molecule has 0 saturated heterocycles. The molecule has 0 aliphatic rings. The van der Waals surface area contributed by atoms with Crippen molar-refractivity contribution in [1.29, 1.82) is 0 Å². The summed E-state index contributed by atoms with van der Waals surface area (Å²) < 4.78 is 64.5. The number of rotatable bonds is 5. The maximum atomic E-state index is 14.8. The Hall–Kier alpha value is -3.50. The van der Waals surface area contributed by atoms with Crippen molar-refractivity contribution in [2.75, 3.05) is 0 Å². The van der Waals surface area contributed by atoms with E-state index in [-0.39, 0.29) is 33.2 Å². The van der Waals surface area contributed by atoms with Gasteiger partial charge in [0.25, 0.3) is 0 Å². The number of nitrogens with zero attached hydrogens (tertiary/aromatic N) is 4. The van der Waals surface area contributed by atoms with Crippen LogP contribution in [0.2, 0.25) is 5.02 Å². The van der Waals surface area contributed by atoms with Crippen molar-refractivity contribution in [3.8, 4) is 38.8 Å². The highest BCUT2D eigenvalue weighted by molar-refractivity contribution is 7.13.